The van der Waals surface area contributed by atoms with Crippen LogP contribution in [0.15, 0.2) is 0 Å². The predicted molar refractivity (Wildman–Crippen MR) is 104 cm³/mol. The maximum atomic E-state index is 5.63. The quantitative estimate of drug-likeness (QED) is 0.209. The van der Waals surface area contributed by atoms with E-state index in [-0.39, 0.29) is 0 Å². The van der Waals surface area contributed by atoms with Gasteiger partial charge in [-0.25, -0.2) is 0 Å². The molecule has 0 aromatic carbocycles. The Balaban J connectivity index is 3.80. The first-order valence-electron chi connectivity index (χ1n) is 9.52. The second-order valence-electron chi connectivity index (χ2n) is 6.38. The number of hydrogen-bond acceptors (Lipinski definition) is 5. The lowest BCUT2D eigenvalue weighted by Crippen LogP contribution is -2.35. The maximum Gasteiger partial charge on any atom is 0.282 e. The highest BCUT2D eigenvalue weighted by atomic mass is 32.1. The van der Waals surface area contributed by atoms with Crippen molar-refractivity contribution in [1.82, 2.24) is 0 Å². The molecule has 0 rings (SSSR count). The third kappa shape index (κ3) is 11.7. The maximum absolute atomic E-state index is 5.63. The second kappa shape index (κ2) is 16.6. The van der Waals surface area contributed by atoms with Crippen molar-refractivity contribution in [2.24, 2.45) is 5.92 Å². The highest BCUT2D eigenvalue weighted by Crippen LogP contribution is 2.24. The van der Waals surface area contributed by atoms with Gasteiger partial charge in [0.1, 0.15) is 0 Å². The molecule has 1 unspecified atom stereocenters. The van der Waals surface area contributed by atoms with Gasteiger partial charge < -0.3 is 18.9 Å². The van der Waals surface area contributed by atoms with E-state index < -0.39 is 5.97 Å². The molecule has 0 fully saturated rings. The number of unbranched alkanes of at least 4 members (excludes halogenated alkanes) is 2. The lowest BCUT2D eigenvalue weighted by Gasteiger charge is -2.28. The van der Waals surface area contributed by atoms with Gasteiger partial charge in [-0.15, -0.1) is 0 Å². The van der Waals surface area contributed by atoms with Crippen molar-refractivity contribution in [2.45, 2.75) is 77.1 Å². The van der Waals surface area contributed by atoms with Gasteiger partial charge in [0.2, 0.25) is 0 Å². The van der Waals surface area contributed by atoms with Gasteiger partial charge in [0, 0.05) is 41.0 Å². The van der Waals surface area contributed by atoms with Crippen molar-refractivity contribution in [2.75, 3.05) is 40.3 Å². The molecule has 4 nitrogen and oxygen atoms in total. The van der Waals surface area contributed by atoms with Crippen LogP contribution >= 0.6 is 12.6 Å². The lowest BCUT2D eigenvalue weighted by molar-refractivity contribution is -0.355. The van der Waals surface area contributed by atoms with E-state index in [1.165, 1.54) is 44.9 Å². The number of thiol groups is 1. The van der Waals surface area contributed by atoms with Crippen molar-refractivity contribution in [3.63, 3.8) is 0 Å². The van der Waals surface area contributed by atoms with Crippen LogP contribution in [0, 0.1) is 5.92 Å². The summed E-state index contributed by atoms with van der Waals surface area (Å²) in [6.45, 7) is 4.02. The number of ether oxygens (including phenoxy) is 4. The highest BCUT2D eigenvalue weighted by molar-refractivity contribution is 7.80. The molecule has 0 saturated heterocycles. The van der Waals surface area contributed by atoms with E-state index in [2.05, 4.69) is 19.6 Å². The normalized spacial score (nSPS) is 13.4. The summed E-state index contributed by atoms with van der Waals surface area (Å²) >= 11 is 4.19. The van der Waals surface area contributed by atoms with Gasteiger partial charge in [-0.05, 0) is 37.4 Å². The van der Waals surface area contributed by atoms with E-state index in [0.717, 1.165) is 44.1 Å². The standard InChI is InChI=1S/C19H40O4S/c1-5-11-18(13-9-15-23-16-10-17-24)12-7-6-8-14-19(20-2,21-3)22-4/h18,24H,5-17H2,1-4H3. The highest BCUT2D eigenvalue weighted by Gasteiger charge is 2.28. The van der Waals surface area contributed by atoms with E-state index >= 15 is 0 Å². The van der Waals surface area contributed by atoms with Gasteiger partial charge in [0.15, 0.2) is 0 Å². The molecule has 0 aliphatic carbocycles. The van der Waals surface area contributed by atoms with Crippen LogP contribution in [0.5, 0.6) is 0 Å². The molecule has 0 aromatic rings. The van der Waals surface area contributed by atoms with E-state index in [4.69, 9.17) is 18.9 Å². The summed E-state index contributed by atoms with van der Waals surface area (Å²) in [5.74, 6) is 0.878. The molecule has 0 aromatic heterocycles. The Morgan fingerprint density at radius 2 is 1.42 bits per heavy atom. The number of hydrogen-bond donors (Lipinski definition) is 1. The predicted octanol–water partition coefficient (Wildman–Crippen LogP) is 5.06. The Morgan fingerprint density at radius 1 is 0.792 bits per heavy atom. The largest absolute Gasteiger partial charge is 0.381 e. The Hall–Kier alpha value is 0.190. The molecule has 24 heavy (non-hydrogen) atoms. The molecule has 0 saturated carbocycles. The number of methoxy groups -OCH3 is 3. The van der Waals surface area contributed by atoms with Gasteiger partial charge in [-0.2, -0.15) is 12.6 Å². The summed E-state index contributed by atoms with van der Waals surface area (Å²) in [6, 6.07) is 0. The second-order valence-corrected chi connectivity index (χ2v) is 6.83. The molecule has 0 spiro atoms. The SMILES string of the molecule is CCCC(CCCCCC(OC)(OC)OC)CCCOCCCS. The molecule has 0 aliphatic heterocycles. The fourth-order valence-corrected chi connectivity index (χ4v) is 3.22. The van der Waals surface area contributed by atoms with Crippen molar-refractivity contribution < 1.29 is 18.9 Å². The zero-order valence-corrected chi connectivity index (χ0v) is 17.2. The van der Waals surface area contributed by atoms with Crippen LogP contribution in [0.2, 0.25) is 0 Å². The molecule has 0 radical (unpaired) electrons. The van der Waals surface area contributed by atoms with E-state index in [0.29, 0.717) is 0 Å². The van der Waals surface area contributed by atoms with Crippen molar-refractivity contribution >= 4 is 12.6 Å². The summed E-state index contributed by atoms with van der Waals surface area (Å²) in [4.78, 5) is 0. The minimum atomic E-state index is -0.868. The van der Waals surface area contributed by atoms with E-state index in [1.54, 1.807) is 21.3 Å². The van der Waals surface area contributed by atoms with Gasteiger partial charge in [0.25, 0.3) is 5.97 Å². The average Bonchev–Trinajstić information content (AvgIpc) is 2.61. The van der Waals surface area contributed by atoms with Gasteiger partial charge >= 0.3 is 0 Å². The Bertz CT molecular complexity index is 251. The van der Waals surface area contributed by atoms with Crippen LogP contribution in [0.1, 0.15) is 71.1 Å². The Morgan fingerprint density at radius 3 is 2.00 bits per heavy atom. The minimum absolute atomic E-state index is 0.772. The van der Waals surface area contributed by atoms with E-state index in [1.807, 2.05) is 0 Å². The average molecular weight is 365 g/mol. The first-order valence-corrected chi connectivity index (χ1v) is 10.1. The molecule has 0 amide bonds. The fraction of sp³-hybridized carbons (Fsp3) is 1.00. The minimum Gasteiger partial charge on any atom is -0.381 e. The van der Waals surface area contributed by atoms with Crippen LogP contribution < -0.4 is 0 Å². The summed E-state index contributed by atoms with van der Waals surface area (Å²) in [5, 5.41) is 0. The Kier molecular flexibility index (Phi) is 16.8. The third-order valence-corrected chi connectivity index (χ3v) is 4.89. The van der Waals surface area contributed by atoms with Gasteiger partial charge in [-0.3, -0.25) is 0 Å². The molecular weight excluding hydrogens is 324 g/mol. The molecule has 5 heteroatoms. The van der Waals surface area contributed by atoms with Crippen molar-refractivity contribution in [3.8, 4) is 0 Å². The van der Waals surface area contributed by atoms with Crippen LogP contribution in [-0.2, 0) is 18.9 Å². The lowest BCUT2D eigenvalue weighted by atomic mass is 9.92. The summed E-state index contributed by atoms with van der Waals surface area (Å²) in [5.41, 5.74) is 0. The van der Waals surface area contributed by atoms with Crippen LogP contribution in [-0.4, -0.2) is 46.3 Å². The summed E-state index contributed by atoms with van der Waals surface area (Å²) in [7, 11) is 4.88. The third-order valence-electron chi connectivity index (χ3n) is 4.57. The first kappa shape index (κ1) is 24.2. The first-order chi connectivity index (χ1) is 11.7. The number of rotatable bonds is 18. The topological polar surface area (TPSA) is 36.9 Å². The monoisotopic (exact) mass is 364 g/mol. The molecular formula is C19H40O4S. The van der Waals surface area contributed by atoms with Crippen molar-refractivity contribution in [1.29, 1.82) is 0 Å². The van der Waals surface area contributed by atoms with Gasteiger partial charge in [-0.1, -0.05) is 39.0 Å². The van der Waals surface area contributed by atoms with Crippen LogP contribution in [0.3, 0.4) is 0 Å². The van der Waals surface area contributed by atoms with Crippen LogP contribution in [0.25, 0.3) is 0 Å². The fourth-order valence-electron chi connectivity index (χ4n) is 3.09. The molecule has 1 atom stereocenters. The molecule has 0 N–H and O–H groups in total. The molecule has 0 heterocycles. The zero-order valence-electron chi connectivity index (χ0n) is 16.3. The van der Waals surface area contributed by atoms with Crippen LogP contribution in [0.4, 0.5) is 0 Å². The van der Waals surface area contributed by atoms with E-state index in [9.17, 15) is 0 Å². The van der Waals surface area contributed by atoms with Gasteiger partial charge in [0.05, 0.1) is 0 Å². The smallest absolute Gasteiger partial charge is 0.282 e. The molecule has 0 aliphatic rings. The molecule has 0 bridgehead atoms. The zero-order chi connectivity index (χ0) is 18.1. The summed E-state index contributed by atoms with van der Waals surface area (Å²) < 4.78 is 21.6. The summed E-state index contributed by atoms with van der Waals surface area (Å²) in [6.07, 6.45) is 11.7. The molecule has 146 valence electrons. The Labute approximate surface area is 155 Å². The van der Waals surface area contributed by atoms with Crippen molar-refractivity contribution in [3.05, 3.63) is 0 Å².